The van der Waals surface area contributed by atoms with Gasteiger partial charge in [-0.2, -0.15) is 0 Å². The van der Waals surface area contributed by atoms with Gasteiger partial charge in [-0.25, -0.2) is 8.78 Å². The molecule has 0 saturated heterocycles. The summed E-state index contributed by atoms with van der Waals surface area (Å²) in [6.45, 7) is 2.81. The molecule has 0 bridgehead atoms. The highest BCUT2D eigenvalue weighted by Gasteiger charge is 2.05. The number of unbranched alkanes of at least 4 members (excludes halogenated alkanes) is 3. The van der Waals surface area contributed by atoms with Crippen LogP contribution in [0.5, 0.6) is 0 Å². The van der Waals surface area contributed by atoms with Crippen molar-refractivity contribution >= 4 is 17.7 Å². The van der Waals surface area contributed by atoms with Gasteiger partial charge in [-0.15, -0.1) is 11.8 Å². The Balaban J connectivity index is 2.20. The number of carbonyl (C=O) groups is 1. The van der Waals surface area contributed by atoms with Crippen LogP contribution in [0, 0.1) is 11.6 Å². The summed E-state index contributed by atoms with van der Waals surface area (Å²) in [6, 6.07) is 3.65. The van der Waals surface area contributed by atoms with Crippen molar-refractivity contribution in [2.75, 3.05) is 12.3 Å². The third kappa shape index (κ3) is 6.57. The number of nitrogens with one attached hydrogen (secondary N) is 1. The lowest BCUT2D eigenvalue weighted by atomic mass is 10.2. The summed E-state index contributed by atoms with van der Waals surface area (Å²) in [7, 11) is 0. The van der Waals surface area contributed by atoms with Gasteiger partial charge >= 0.3 is 0 Å². The van der Waals surface area contributed by atoms with Crippen LogP contribution >= 0.6 is 11.8 Å². The molecule has 0 saturated carbocycles. The molecule has 1 aromatic rings. The van der Waals surface area contributed by atoms with Gasteiger partial charge < -0.3 is 5.32 Å². The van der Waals surface area contributed by atoms with Crippen molar-refractivity contribution in [3.05, 3.63) is 29.8 Å². The summed E-state index contributed by atoms with van der Waals surface area (Å²) in [5, 5.41) is 2.81. The number of halogens is 2. The monoisotopic (exact) mass is 287 g/mol. The van der Waals surface area contributed by atoms with E-state index in [1.54, 1.807) is 0 Å². The molecule has 0 fully saturated rings. The number of carbonyl (C=O) groups excluding carboxylic acids is 1. The Morgan fingerprint density at radius 3 is 2.68 bits per heavy atom. The molecule has 0 heterocycles. The van der Waals surface area contributed by atoms with Gasteiger partial charge in [0.15, 0.2) is 11.6 Å². The Hall–Kier alpha value is -1.10. The molecule has 1 N–H and O–H groups in total. The lowest BCUT2D eigenvalue weighted by molar-refractivity contribution is -0.118. The molecule has 0 aromatic heterocycles. The van der Waals surface area contributed by atoms with E-state index in [1.807, 2.05) is 0 Å². The minimum Gasteiger partial charge on any atom is -0.355 e. The maximum absolute atomic E-state index is 12.9. The molecule has 2 nitrogen and oxygen atoms in total. The molecular formula is C14H19F2NOS. The standard InChI is InChI=1S/C14H19F2NOS/c1-2-3-4-5-8-17-14(18)10-19-11-6-7-12(15)13(16)9-11/h6-7,9H,2-5,8,10H2,1H3,(H,17,18). The second-order valence-electron chi connectivity index (χ2n) is 4.28. The van der Waals surface area contributed by atoms with E-state index in [-0.39, 0.29) is 11.7 Å². The first-order valence-electron chi connectivity index (χ1n) is 6.48. The Morgan fingerprint density at radius 2 is 2.00 bits per heavy atom. The fourth-order valence-corrected chi connectivity index (χ4v) is 2.30. The Bertz CT molecular complexity index is 412. The molecule has 1 amide bonds. The molecule has 1 rings (SSSR count). The van der Waals surface area contributed by atoms with Crippen molar-refractivity contribution in [3.8, 4) is 0 Å². The van der Waals surface area contributed by atoms with Gasteiger partial charge in [0.2, 0.25) is 5.91 Å². The number of hydrogen-bond donors (Lipinski definition) is 1. The van der Waals surface area contributed by atoms with Crippen molar-refractivity contribution < 1.29 is 13.6 Å². The summed E-state index contributed by atoms with van der Waals surface area (Å²) in [5.41, 5.74) is 0. The highest BCUT2D eigenvalue weighted by atomic mass is 32.2. The van der Waals surface area contributed by atoms with Gasteiger partial charge in [-0.3, -0.25) is 4.79 Å². The highest BCUT2D eigenvalue weighted by molar-refractivity contribution is 8.00. The van der Waals surface area contributed by atoms with Crippen LogP contribution in [0.4, 0.5) is 8.78 Å². The maximum atomic E-state index is 12.9. The zero-order valence-electron chi connectivity index (χ0n) is 11.0. The van der Waals surface area contributed by atoms with E-state index in [9.17, 15) is 13.6 Å². The molecule has 1 aromatic carbocycles. The Morgan fingerprint density at radius 1 is 1.21 bits per heavy atom. The van der Waals surface area contributed by atoms with E-state index in [0.717, 1.165) is 25.0 Å². The van der Waals surface area contributed by atoms with E-state index in [0.29, 0.717) is 11.4 Å². The van der Waals surface area contributed by atoms with Crippen molar-refractivity contribution in [3.63, 3.8) is 0 Å². The first-order chi connectivity index (χ1) is 9.13. The second kappa shape index (κ2) is 8.91. The van der Waals surface area contributed by atoms with Crippen LogP contribution in [0.3, 0.4) is 0 Å². The zero-order valence-corrected chi connectivity index (χ0v) is 11.9. The molecule has 5 heteroatoms. The van der Waals surface area contributed by atoms with Gasteiger partial charge in [-0.1, -0.05) is 26.2 Å². The third-order valence-electron chi connectivity index (χ3n) is 2.61. The predicted octanol–water partition coefficient (Wildman–Crippen LogP) is 3.75. The fraction of sp³-hybridized carbons (Fsp3) is 0.500. The molecule has 0 aliphatic carbocycles. The van der Waals surface area contributed by atoms with E-state index in [1.165, 1.54) is 30.7 Å². The molecule has 19 heavy (non-hydrogen) atoms. The number of rotatable bonds is 8. The van der Waals surface area contributed by atoms with Crippen LogP contribution in [-0.4, -0.2) is 18.2 Å². The number of amides is 1. The average Bonchev–Trinajstić information content (AvgIpc) is 2.40. The van der Waals surface area contributed by atoms with Crippen molar-refractivity contribution in [2.45, 2.75) is 37.5 Å². The molecular weight excluding hydrogens is 268 g/mol. The predicted molar refractivity (Wildman–Crippen MR) is 74.2 cm³/mol. The van der Waals surface area contributed by atoms with Crippen LogP contribution in [0.15, 0.2) is 23.1 Å². The third-order valence-corrected chi connectivity index (χ3v) is 3.61. The minimum absolute atomic E-state index is 0.0776. The first-order valence-corrected chi connectivity index (χ1v) is 7.46. The minimum atomic E-state index is -0.884. The summed E-state index contributed by atoms with van der Waals surface area (Å²) >= 11 is 1.20. The van der Waals surface area contributed by atoms with E-state index >= 15 is 0 Å². The lowest BCUT2D eigenvalue weighted by Crippen LogP contribution is -2.26. The maximum Gasteiger partial charge on any atom is 0.230 e. The summed E-state index contributed by atoms with van der Waals surface area (Å²) in [5.74, 6) is -1.61. The second-order valence-corrected chi connectivity index (χ2v) is 5.32. The van der Waals surface area contributed by atoms with Crippen molar-refractivity contribution in [1.82, 2.24) is 5.32 Å². The highest BCUT2D eigenvalue weighted by Crippen LogP contribution is 2.19. The largest absolute Gasteiger partial charge is 0.355 e. The normalized spacial score (nSPS) is 10.5. The Kier molecular flexibility index (Phi) is 7.48. The number of thioether (sulfide) groups is 1. The van der Waals surface area contributed by atoms with Crippen molar-refractivity contribution in [1.29, 1.82) is 0 Å². The van der Waals surface area contributed by atoms with Crippen LogP contribution in [0.25, 0.3) is 0 Å². The quantitative estimate of drug-likeness (QED) is 0.583. The van der Waals surface area contributed by atoms with Gasteiger partial charge in [0.1, 0.15) is 0 Å². The van der Waals surface area contributed by atoms with E-state index in [2.05, 4.69) is 12.2 Å². The molecule has 0 radical (unpaired) electrons. The van der Waals surface area contributed by atoms with Gasteiger partial charge in [0.25, 0.3) is 0 Å². The fourth-order valence-electron chi connectivity index (χ4n) is 1.55. The summed E-state index contributed by atoms with van der Waals surface area (Å²) < 4.78 is 25.6. The average molecular weight is 287 g/mol. The lowest BCUT2D eigenvalue weighted by Gasteiger charge is -2.05. The van der Waals surface area contributed by atoms with Crippen LogP contribution in [-0.2, 0) is 4.79 Å². The molecule has 0 spiro atoms. The topological polar surface area (TPSA) is 29.1 Å². The van der Waals surface area contributed by atoms with Crippen LogP contribution < -0.4 is 5.32 Å². The molecule has 0 atom stereocenters. The number of hydrogen-bond acceptors (Lipinski definition) is 2. The number of benzene rings is 1. The van der Waals surface area contributed by atoms with E-state index < -0.39 is 11.6 Å². The zero-order chi connectivity index (χ0) is 14.1. The van der Waals surface area contributed by atoms with Crippen LogP contribution in [0.2, 0.25) is 0 Å². The summed E-state index contributed by atoms with van der Waals surface area (Å²) in [4.78, 5) is 12.1. The van der Waals surface area contributed by atoms with Gasteiger partial charge in [0, 0.05) is 11.4 Å². The molecule has 106 valence electrons. The summed E-state index contributed by atoms with van der Waals surface area (Å²) in [6.07, 6.45) is 4.45. The van der Waals surface area contributed by atoms with Gasteiger partial charge in [0.05, 0.1) is 5.75 Å². The smallest absolute Gasteiger partial charge is 0.230 e. The van der Waals surface area contributed by atoms with Crippen LogP contribution in [0.1, 0.15) is 32.6 Å². The van der Waals surface area contributed by atoms with Gasteiger partial charge in [-0.05, 0) is 24.6 Å². The first kappa shape index (κ1) is 16.0. The van der Waals surface area contributed by atoms with E-state index in [4.69, 9.17) is 0 Å². The molecule has 0 aliphatic rings. The molecule has 0 unspecified atom stereocenters. The SMILES string of the molecule is CCCCCCNC(=O)CSc1ccc(F)c(F)c1. The Labute approximate surface area is 117 Å². The molecule has 0 aliphatic heterocycles. The van der Waals surface area contributed by atoms with Crippen molar-refractivity contribution in [2.24, 2.45) is 0 Å².